The van der Waals surface area contributed by atoms with E-state index in [1.165, 1.54) is 7.11 Å². The van der Waals surface area contributed by atoms with Gasteiger partial charge in [0.05, 0.1) is 6.61 Å². The van der Waals surface area contributed by atoms with Crippen molar-refractivity contribution in [3.8, 4) is 11.1 Å². The first-order valence-corrected chi connectivity index (χ1v) is 10.5. The summed E-state index contributed by atoms with van der Waals surface area (Å²) in [7, 11) is 1.42. The largest absolute Gasteiger partial charge is 0.481 e. The maximum Gasteiger partial charge on any atom is 0.407 e. The number of amides is 2. The second kappa shape index (κ2) is 10.8. The van der Waals surface area contributed by atoms with Crippen molar-refractivity contribution >= 4 is 18.0 Å². The fourth-order valence-electron chi connectivity index (χ4n) is 3.90. The third kappa shape index (κ3) is 5.64. The van der Waals surface area contributed by atoms with Crippen molar-refractivity contribution in [1.82, 2.24) is 10.6 Å². The van der Waals surface area contributed by atoms with Gasteiger partial charge in [0.25, 0.3) is 0 Å². The van der Waals surface area contributed by atoms with Gasteiger partial charge in [-0.25, -0.2) is 4.79 Å². The Hall–Kier alpha value is -3.39. The summed E-state index contributed by atoms with van der Waals surface area (Å²) in [6, 6.07) is 15.1. The van der Waals surface area contributed by atoms with Crippen LogP contribution >= 0.6 is 0 Å². The lowest BCUT2D eigenvalue weighted by Gasteiger charge is -2.20. The van der Waals surface area contributed by atoms with Gasteiger partial charge in [-0.1, -0.05) is 55.5 Å². The quantitative estimate of drug-likeness (QED) is 0.524. The van der Waals surface area contributed by atoms with Crippen LogP contribution in [0.15, 0.2) is 48.5 Å². The predicted molar refractivity (Wildman–Crippen MR) is 118 cm³/mol. The van der Waals surface area contributed by atoms with Crippen molar-refractivity contribution in [1.29, 1.82) is 0 Å². The van der Waals surface area contributed by atoms with E-state index in [-0.39, 0.29) is 38.0 Å². The van der Waals surface area contributed by atoms with Crippen LogP contribution in [0.5, 0.6) is 0 Å². The van der Waals surface area contributed by atoms with Crippen LogP contribution in [0.1, 0.15) is 30.4 Å². The van der Waals surface area contributed by atoms with E-state index in [0.717, 1.165) is 22.3 Å². The van der Waals surface area contributed by atoms with E-state index in [2.05, 4.69) is 22.8 Å². The molecule has 0 bridgehead atoms. The summed E-state index contributed by atoms with van der Waals surface area (Å²) in [5, 5.41) is 14.0. The van der Waals surface area contributed by atoms with Crippen molar-refractivity contribution in [3.63, 3.8) is 0 Å². The Morgan fingerprint density at radius 3 is 2.19 bits per heavy atom. The molecule has 1 unspecified atom stereocenters. The van der Waals surface area contributed by atoms with Crippen LogP contribution in [0, 0.1) is 5.92 Å². The molecule has 32 heavy (non-hydrogen) atoms. The monoisotopic (exact) mass is 440 g/mol. The van der Waals surface area contributed by atoms with Gasteiger partial charge in [-0.15, -0.1) is 0 Å². The van der Waals surface area contributed by atoms with E-state index in [4.69, 9.17) is 14.6 Å². The predicted octanol–water partition coefficient (Wildman–Crippen LogP) is 2.77. The van der Waals surface area contributed by atoms with Crippen LogP contribution in [-0.2, 0) is 19.1 Å². The van der Waals surface area contributed by atoms with Crippen molar-refractivity contribution < 1.29 is 29.0 Å². The molecule has 0 saturated heterocycles. The zero-order valence-electron chi connectivity index (χ0n) is 18.2. The molecule has 3 rings (SSSR count). The molecule has 0 fully saturated rings. The van der Waals surface area contributed by atoms with Crippen LogP contribution in [0.4, 0.5) is 4.79 Å². The van der Waals surface area contributed by atoms with Crippen LogP contribution in [0.2, 0.25) is 0 Å². The standard InChI is InChI=1S/C24H28N2O6/c1-15(11-22(27)28)12-25-23(29)21(14-31-2)26-24(30)32-13-20-18-9-5-3-7-16(18)17-8-4-6-10-19(17)20/h3-10,15,20-21H,11-14H2,1-2H3,(H,25,29)(H,26,30)(H,27,28)/t15?,21-/m0/s1. The summed E-state index contributed by atoms with van der Waals surface area (Å²) in [5.41, 5.74) is 4.45. The van der Waals surface area contributed by atoms with Crippen LogP contribution in [-0.4, -0.2) is 56.0 Å². The molecule has 0 aliphatic heterocycles. The smallest absolute Gasteiger partial charge is 0.407 e. The SMILES string of the molecule is COC[C@H](NC(=O)OCC1c2ccccc2-c2ccccc21)C(=O)NCC(C)CC(=O)O. The number of carbonyl (C=O) groups excluding carboxylic acids is 2. The van der Waals surface area contributed by atoms with E-state index >= 15 is 0 Å². The number of rotatable bonds is 10. The Labute approximate surface area is 186 Å². The first kappa shape index (κ1) is 23.3. The molecule has 170 valence electrons. The average Bonchev–Trinajstić information content (AvgIpc) is 3.09. The van der Waals surface area contributed by atoms with Gasteiger partial charge in [0.2, 0.25) is 5.91 Å². The number of carboxylic acid groups (broad SMARTS) is 1. The number of hydrogen-bond donors (Lipinski definition) is 3. The third-order valence-electron chi connectivity index (χ3n) is 5.43. The highest BCUT2D eigenvalue weighted by Crippen LogP contribution is 2.44. The summed E-state index contributed by atoms with van der Waals surface area (Å²) in [6.07, 6.45) is -0.780. The van der Waals surface area contributed by atoms with Crippen LogP contribution in [0.25, 0.3) is 11.1 Å². The normalized spacial score (nSPS) is 14.1. The summed E-state index contributed by atoms with van der Waals surface area (Å²) < 4.78 is 10.5. The Bertz CT molecular complexity index is 931. The first-order valence-electron chi connectivity index (χ1n) is 10.5. The number of aliphatic carboxylic acids is 1. The lowest BCUT2D eigenvalue weighted by atomic mass is 9.98. The third-order valence-corrected chi connectivity index (χ3v) is 5.43. The van der Waals surface area contributed by atoms with Gasteiger partial charge in [-0.3, -0.25) is 9.59 Å². The van der Waals surface area contributed by atoms with Crippen molar-refractivity contribution in [2.24, 2.45) is 5.92 Å². The molecule has 8 nitrogen and oxygen atoms in total. The fourth-order valence-corrected chi connectivity index (χ4v) is 3.90. The minimum Gasteiger partial charge on any atom is -0.481 e. The molecule has 0 heterocycles. The van der Waals surface area contributed by atoms with Gasteiger partial charge in [0.15, 0.2) is 0 Å². The number of carboxylic acids is 1. The highest BCUT2D eigenvalue weighted by atomic mass is 16.5. The molecule has 0 radical (unpaired) electrons. The topological polar surface area (TPSA) is 114 Å². The van der Waals surface area contributed by atoms with Gasteiger partial charge in [0, 0.05) is 26.0 Å². The van der Waals surface area contributed by atoms with Crippen molar-refractivity contribution in [3.05, 3.63) is 59.7 Å². The van der Waals surface area contributed by atoms with E-state index in [9.17, 15) is 14.4 Å². The molecule has 1 aliphatic carbocycles. The van der Waals surface area contributed by atoms with E-state index < -0.39 is 24.0 Å². The van der Waals surface area contributed by atoms with Crippen LogP contribution < -0.4 is 10.6 Å². The van der Waals surface area contributed by atoms with Gasteiger partial charge in [-0.05, 0) is 28.2 Å². The maximum atomic E-state index is 12.5. The van der Waals surface area contributed by atoms with Gasteiger partial charge in [0.1, 0.15) is 12.6 Å². The van der Waals surface area contributed by atoms with E-state index in [1.54, 1.807) is 6.92 Å². The summed E-state index contributed by atoms with van der Waals surface area (Å²) in [5.74, 6) is -1.72. The molecule has 0 saturated carbocycles. The maximum absolute atomic E-state index is 12.5. The number of fused-ring (bicyclic) bond motifs is 3. The Morgan fingerprint density at radius 2 is 1.62 bits per heavy atom. The molecule has 3 N–H and O–H groups in total. The molecule has 8 heteroatoms. The fraction of sp³-hybridized carbons (Fsp3) is 0.375. The molecule has 2 amide bonds. The molecule has 2 atom stereocenters. The Kier molecular flexibility index (Phi) is 7.83. The summed E-state index contributed by atoms with van der Waals surface area (Å²) in [6.45, 7) is 2.00. The summed E-state index contributed by atoms with van der Waals surface area (Å²) in [4.78, 5) is 35.7. The second-order valence-electron chi connectivity index (χ2n) is 7.93. The minimum atomic E-state index is -0.951. The first-order chi connectivity index (χ1) is 15.4. The number of carbonyl (C=O) groups is 3. The van der Waals surface area contributed by atoms with Crippen molar-refractivity contribution in [2.75, 3.05) is 26.9 Å². The highest BCUT2D eigenvalue weighted by Gasteiger charge is 2.29. The number of nitrogens with one attached hydrogen (secondary N) is 2. The number of hydrogen-bond acceptors (Lipinski definition) is 5. The molecule has 0 spiro atoms. The van der Waals surface area contributed by atoms with Gasteiger partial charge >= 0.3 is 12.1 Å². The lowest BCUT2D eigenvalue weighted by Crippen LogP contribution is -2.50. The molecule has 2 aromatic carbocycles. The van der Waals surface area contributed by atoms with E-state index in [0.29, 0.717) is 0 Å². The second-order valence-corrected chi connectivity index (χ2v) is 7.93. The number of alkyl carbamates (subject to hydrolysis) is 1. The molecule has 0 aromatic heterocycles. The summed E-state index contributed by atoms with van der Waals surface area (Å²) >= 11 is 0. The lowest BCUT2D eigenvalue weighted by molar-refractivity contribution is -0.138. The van der Waals surface area contributed by atoms with Crippen molar-refractivity contribution in [2.45, 2.75) is 25.3 Å². The number of benzene rings is 2. The van der Waals surface area contributed by atoms with Gasteiger partial charge in [-0.2, -0.15) is 0 Å². The zero-order valence-corrected chi connectivity index (χ0v) is 18.2. The zero-order chi connectivity index (χ0) is 23.1. The van der Waals surface area contributed by atoms with E-state index in [1.807, 2.05) is 36.4 Å². The Morgan fingerprint density at radius 1 is 1.03 bits per heavy atom. The molecule has 1 aliphatic rings. The number of methoxy groups -OCH3 is 1. The number of ether oxygens (including phenoxy) is 2. The Balaban J connectivity index is 1.58. The average molecular weight is 440 g/mol. The highest BCUT2D eigenvalue weighted by molar-refractivity contribution is 5.86. The minimum absolute atomic E-state index is 0.0384. The molecular weight excluding hydrogens is 412 g/mol. The molecular formula is C24H28N2O6. The van der Waals surface area contributed by atoms with Gasteiger partial charge < -0.3 is 25.2 Å². The molecule has 2 aromatic rings. The van der Waals surface area contributed by atoms with Crippen LogP contribution in [0.3, 0.4) is 0 Å².